The number of rotatable bonds is 4. The molecule has 1 N–H and O–H groups in total. The van der Waals surface area contributed by atoms with Crippen LogP contribution in [-0.2, 0) is 13.6 Å². The molecule has 2 aromatic carbocycles. The normalized spacial score (nSPS) is 13.6. The van der Waals surface area contributed by atoms with Crippen LogP contribution in [0.1, 0.15) is 40.2 Å². The van der Waals surface area contributed by atoms with E-state index in [2.05, 4.69) is 5.32 Å². The Bertz CT molecular complexity index is 1140. The first-order chi connectivity index (χ1) is 14.8. The molecule has 0 aliphatic carbocycles. The SMILES string of the molecule is Cc1ccc(C)c(NC(=O)N(C)Cc2nc3cc(C(=O)N4CCCC4)ccc3n2C)c1. The number of nitrogens with zero attached hydrogens (tertiary/aromatic N) is 4. The lowest BCUT2D eigenvalue weighted by Crippen LogP contribution is -2.32. The molecule has 1 aliphatic rings. The van der Waals surface area contributed by atoms with E-state index in [0.29, 0.717) is 12.1 Å². The number of urea groups is 1. The summed E-state index contributed by atoms with van der Waals surface area (Å²) < 4.78 is 1.97. The Labute approximate surface area is 182 Å². The zero-order chi connectivity index (χ0) is 22.1. The number of benzene rings is 2. The molecule has 162 valence electrons. The summed E-state index contributed by atoms with van der Waals surface area (Å²) in [6, 6.07) is 11.5. The lowest BCUT2D eigenvalue weighted by Gasteiger charge is -2.19. The number of nitrogens with one attached hydrogen (secondary N) is 1. The molecule has 0 unspecified atom stereocenters. The van der Waals surface area contributed by atoms with E-state index in [1.807, 2.05) is 66.8 Å². The van der Waals surface area contributed by atoms with Gasteiger partial charge in [-0.3, -0.25) is 4.79 Å². The van der Waals surface area contributed by atoms with Crippen molar-refractivity contribution in [3.05, 3.63) is 58.9 Å². The molecule has 0 radical (unpaired) electrons. The highest BCUT2D eigenvalue weighted by atomic mass is 16.2. The Balaban J connectivity index is 1.51. The number of hydrogen-bond acceptors (Lipinski definition) is 3. The van der Waals surface area contributed by atoms with E-state index in [4.69, 9.17) is 4.98 Å². The summed E-state index contributed by atoms with van der Waals surface area (Å²) >= 11 is 0. The van der Waals surface area contributed by atoms with Crippen LogP contribution in [0, 0.1) is 13.8 Å². The standard InChI is InChI=1S/C24H29N5O2/c1-16-7-8-17(2)19(13-16)26-24(31)27(3)15-22-25-20-14-18(9-10-21(20)28(22)4)23(30)29-11-5-6-12-29/h7-10,13-14H,5-6,11-12,15H2,1-4H3,(H,26,31). The van der Waals surface area contributed by atoms with E-state index in [-0.39, 0.29) is 11.9 Å². The van der Waals surface area contributed by atoms with E-state index in [1.165, 1.54) is 0 Å². The van der Waals surface area contributed by atoms with Gasteiger partial charge in [0.05, 0.1) is 17.6 Å². The summed E-state index contributed by atoms with van der Waals surface area (Å²) in [5, 5.41) is 2.98. The van der Waals surface area contributed by atoms with Crippen LogP contribution in [0.2, 0.25) is 0 Å². The van der Waals surface area contributed by atoms with E-state index >= 15 is 0 Å². The van der Waals surface area contributed by atoms with Gasteiger partial charge in [0.15, 0.2) is 0 Å². The van der Waals surface area contributed by atoms with Crippen LogP contribution in [-0.4, -0.2) is 51.4 Å². The fourth-order valence-electron chi connectivity index (χ4n) is 3.99. The molecule has 1 fully saturated rings. The Morgan fingerprint density at radius 3 is 2.58 bits per heavy atom. The second-order valence-corrected chi connectivity index (χ2v) is 8.39. The average Bonchev–Trinajstić information content (AvgIpc) is 3.39. The summed E-state index contributed by atoms with van der Waals surface area (Å²) in [5.74, 6) is 0.830. The molecule has 2 heterocycles. The topological polar surface area (TPSA) is 70.5 Å². The Morgan fingerprint density at radius 2 is 1.84 bits per heavy atom. The van der Waals surface area contributed by atoms with E-state index < -0.39 is 0 Å². The predicted molar refractivity (Wildman–Crippen MR) is 122 cm³/mol. The molecule has 0 bridgehead atoms. The molecule has 4 rings (SSSR count). The van der Waals surface area contributed by atoms with Crippen molar-refractivity contribution in [2.45, 2.75) is 33.2 Å². The molecule has 0 spiro atoms. The molecule has 7 nitrogen and oxygen atoms in total. The van der Waals surface area contributed by atoms with Gasteiger partial charge in [-0.1, -0.05) is 12.1 Å². The second kappa shape index (κ2) is 8.41. The van der Waals surface area contributed by atoms with E-state index in [1.54, 1.807) is 11.9 Å². The Hall–Kier alpha value is -3.35. The number of likely N-dealkylation sites (tertiary alicyclic amines) is 1. The smallest absolute Gasteiger partial charge is 0.321 e. The molecular formula is C24H29N5O2. The van der Waals surface area contributed by atoms with Crippen LogP contribution >= 0.6 is 0 Å². The van der Waals surface area contributed by atoms with Gasteiger partial charge in [0.2, 0.25) is 0 Å². The maximum atomic E-state index is 12.7. The number of carbonyl (C=O) groups excluding carboxylic acids is 2. The number of aromatic nitrogens is 2. The highest BCUT2D eigenvalue weighted by Gasteiger charge is 2.21. The first kappa shape index (κ1) is 20.9. The van der Waals surface area contributed by atoms with Crippen molar-refractivity contribution >= 4 is 28.7 Å². The van der Waals surface area contributed by atoms with Crippen LogP contribution < -0.4 is 5.32 Å². The van der Waals surface area contributed by atoms with Gasteiger partial charge in [0, 0.05) is 38.4 Å². The van der Waals surface area contributed by atoms with E-state index in [9.17, 15) is 9.59 Å². The summed E-state index contributed by atoms with van der Waals surface area (Å²) in [5.41, 5.74) is 5.30. The van der Waals surface area contributed by atoms with Gasteiger partial charge in [-0.2, -0.15) is 0 Å². The molecule has 3 amide bonds. The number of hydrogen-bond donors (Lipinski definition) is 1. The summed E-state index contributed by atoms with van der Waals surface area (Å²) in [6.45, 7) is 5.98. The Morgan fingerprint density at radius 1 is 1.10 bits per heavy atom. The van der Waals surface area contributed by atoms with Gasteiger partial charge in [-0.15, -0.1) is 0 Å². The van der Waals surface area contributed by atoms with Gasteiger partial charge in [-0.05, 0) is 62.1 Å². The highest BCUT2D eigenvalue weighted by molar-refractivity contribution is 5.97. The van der Waals surface area contributed by atoms with Crippen molar-refractivity contribution in [1.29, 1.82) is 0 Å². The largest absolute Gasteiger partial charge is 0.339 e. The fourth-order valence-corrected chi connectivity index (χ4v) is 3.99. The molecule has 3 aromatic rings. The first-order valence-electron chi connectivity index (χ1n) is 10.7. The lowest BCUT2D eigenvalue weighted by molar-refractivity contribution is 0.0793. The Kier molecular flexibility index (Phi) is 5.67. The van der Waals surface area contributed by atoms with Crippen molar-refractivity contribution in [1.82, 2.24) is 19.4 Å². The zero-order valence-corrected chi connectivity index (χ0v) is 18.6. The average molecular weight is 420 g/mol. The fraction of sp³-hybridized carbons (Fsp3) is 0.375. The lowest BCUT2D eigenvalue weighted by atomic mass is 10.1. The predicted octanol–water partition coefficient (Wildman–Crippen LogP) is 4.09. The van der Waals surface area contributed by atoms with Crippen LogP contribution in [0.15, 0.2) is 36.4 Å². The summed E-state index contributed by atoms with van der Waals surface area (Å²) in [6.07, 6.45) is 2.14. The first-order valence-corrected chi connectivity index (χ1v) is 10.7. The molecule has 31 heavy (non-hydrogen) atoms. The van der Waals surface area contributed by atoms with Crippen molar-refractivity contribution in [2.75, 3.05) is 25.5 Å². The highest BCUT2D eigenvalue weighted by Crippen LogP contribution is 2.21. The van der Waals surface area contributed by atoms with Crippen LogP contribution in [0.5, 0.6) is 0 Å². The summed E-state index contributed by atoms with van der Waals surface area (Å²) in [7, 11) is 3.69. The van der Waals surface area contributed by atoms with Crippen LogP contribution in [0.3, 0.4) is 0 Å². The molecule has 1 aromatic heterocycles. The van der Waals surface area contributed by atoms with Gasteiger partial charge in [0.25, 0.3) is 5.91 Å². The van der Waals surface area contributed by atoms with Gasteiger partial charge < -0.3 is 19.7 Å². The number of imidazole rings is 1. The molecule has 7 heteroatoms. The van der Waals surface area contributed by atoms with Crippen molar-refractivity contribution < 1.29 is 9.59 Å². The number of anilines is 1. The molecule has 0 atom stereocenters. The van der Waals surface area contributed by atoms with Gasteiger partial charge >= 0.3 is 6.03 Å². The molecule has 0 saturated carbocycles. The number of amides is 3. The zero-order valence-electron chi connectivity index (χ0n) is 18.6. The van der Waals surface area contributed by atoms with Crippen molar-refractivity contribution in [3.8, 4) is 0 Å². The number of carbonyl (C=O) groups is 2. The monoisotopic (exact) mass is 419 g/mol. The molecule has 1 saturated heterocycles. The third-order valence-corrected chi connectivity index (χ3v) is 5.97. The number of aryl methyl sites for hydroxylation is 3. The van der Waals surface area contributed by atoms with Gasteiger partial charge in [-0.25, -0.2) is 9.78 Å². The molecular weight excluding hydrogens is 390 g/mol. The minimum Gasteiger partial charge on any atom is -0.339 e. The van der Waals surface area contributed by atoms with Crippen LogP contribution in [0.4, 0.5) is 10.5 Å². The van der Waals surface area contributed by atoms with Crippen LogP contribution in [0.25, 0.3) is 11.0 Å². The minimum absolute atomic E-state index is 0.0663. The minimum atomic E-state index is -0.189. The van der Waals surface area contributed by atoms with E-state index in [0.717, 1.165) is 59.6 Å². The maximum absolute atomic E-state index is 12.7. The van der Waals surface area contributed by atoms with Crippen molar-refractivity contribution in [2.24, 2.45) is 7.05 Å². The number of fused-ring (bicyclic) bond motifs is 1. The third kappa shape index (κ3) is 4.26. The second-order valence-electron chi connectivity index (χ2n) is 8.39. The van der Waals surface area contributed by atoms with Crippen molar-refractivity contribution in [3.63, 3.8) is 0 Å². The third-order valence-electron chi connectivity index (χ3n) is 5.97. The van der Waals surface area contributed by atoms with Gasteiger partial charge in [0.1, 0.15) is 5.82 Å². The quantitative estimate of drug-likeness (QED) is 0.692. The maximum Gasteiger partial charge on any atom is 0.321 e. The summed E-state index contributed by atoms with van der Waals surface area (Å²) in [4.78, 5) is 33.7. The molecule has 1 aliphatic heterocycles.